The second-order valence-electron chi connectivity index (χ2n) is 4.81. The van der Waals surface area contributed by atoms with Crippen LogP contribution in [0.25, 0.3) is 0 Å². The van der Waals surface area contributed by atoms with E-state index in [9.17, 15) is 22.7 Å². The van der Waals surface area contributed by atoms with Gasteiger partial charge in [0.25, 0.3) is 0 Å². The molecule has 1 N–H and O–H groups in total. The van der Waals surface area contributed by atoms with Crippen molar-refractivity contribution in [1.29, 1.82) is 0 Å². The molecule has 2 rings (SSSR count). The van der Waals surface area contributed by atoms with E-state index >= 15 is 0 Å². The lowest BCUT2D eigenvalue weighted by molar-refractivity contribution is -0.140. The summed E-state index contributed by atoms with van der Waals surface area (Å²) in [6.45, 7) is 1.95. The maximum absolute atomic E-state index is 13.1. The number of rotatable bonds is 3. The molecule has 0 radical (unpaired) electrons. The van der Waals surface area contributed by atoms with Gasteiger partial charge >= 0.3 is 6.18 Å². The summed E-state index contributed by atoms with van der Waals surface area (Å²) in [6.07, 6.45) is -2.66. The summed E-state index contributed by atoms with van der Waals surface area (Å²) in [5.41, 5.74) is -2.35. The summed E-state index contributed by atoms with van der Waals surface area (Å²) < 4.78 is 50.8. The van der Waals surface area contributed by atoms with E-state index in [-0.39, 0.29) is 11.5 Å². The van der Waals surface area contributed by atoms with Gasteiger partial charge in [-0.2, -0.15) is 13.2 Å². The number of benzene rings is 1. The lowest BCUT2D eigenvalue weighted by atomic mass is 10.0. The molecule has 1 aromatic carbocycles. The van der Waals surface area contributed by atoms with Crippen molar-refractivity contribution in [3.63, 3.8) is 0 Å². The summed E-state index contributed by atoms with van der Waals surface area (Å²) >= 11 is 0. The molecule has 1 nitrogen and oxygen atoms in total. The van der Waals surface area contributed by atoms with Gasteiger partial charge in [-0.05, 0) is 36.5 Å². The summed E-state index contributed by atoms with van der Waals surface area (Å²) in [7, 11) is 0. The van der Waals surface area contributed by atoms with Crippen LogP contribution in [0, 0.1) is 11.7 Å². The highest BCUT2D eigenvalue weighted by atomic mass is 19.4. The van der Waals surface area contributed by atoms with Gasteiger partial charge in [-0.3, -0.25) is 0 Å². The Morgan fingerprint density at radius 1 is 1.39 bits per heavy atom. The Balaban J connectivity index is 2.32. The summed E-state index contributed by atoms with van der Waals surface area (Å²) in [4.78, 5) is 0. The minimum atomic E-state index is -4.73. The van der Waals surface area contributed by atoms with E-state index in [1.165, 1.54) is 6.07 Å². The van der Waals surface area contributed by atoms with Crippen LogP contribution >= 0.6 is 0 Å². The number of alkyl halides is 3. The average molecular weight is 262 g/mol. The van der Waals surface area contributed by atoms with E-state index in [4.69, 9.17) is 0 Å². The van der Waals surface area contributed by atoms with Crippen molar-refractivity contribution in [3.05, 3.63) is 35.1 Å². The normalized spacial score (nSPS) is 27.3. The van der Waals surface area contributed by atoms with Crippen LogP contribution in [0.15, 0.2) is 18.2 Å². The van der Waals surface area contributed by atoms with Crippen molar-refractivity contribution in [2.75, 3.05) is 0 Å². The molecular weight excluding hydrogens is 248 g/mol. The van der Waals surface area contributed by atoms with Gasteiger partial charge in [-0.15, -0.1) is 0 Å². The van der Waals surface area contributed by atoms with Gasteiger partial charge in [0.05, 0.1) is 11.2 Å². The predicted molar refractivity (Wildman–Crippen MR) is 58.3 cm³/mol. The highest BCUT2D eigenvalue weighted by Crippen LogP contribution is 2.54. The fraction of sp³-hybridized carbons (Fsp3) is 0.538. The SMILES string of the molecule is CCCC1CC1(O)c1ccc(F)c(C(F)(F)F)c1. The smallest absolute Gasteiger partial charge is 0.385 e. The molecule has 0 aliphatic heterocycles. The molecule has 0 bridgehead atoms. The van der Waals surface area contributed by atoms with E-state index in [0.29, 0.717) is 6.42 Å². The van der Waals surface area contributed by atoms with E-state index < -0.39 is 23.2 Å². The van der Waals surface area contributed by atoms with Crippen molar-refractivity contribution in [2.24, 2.45) is 5.92 Å². The fourth-order valence-electron chi connectivity index (χ4n) is 2.37. The van der Waals surface area contributed by atoms with Crippen LogP contribution < -0.4 is 0 Å². The summed E-state index contributed by atoms with van der Waals surface area (Å²) in [5, 5.41) is 10.2. The third kappa shape index (κ3) is 2.23. The molecule has 18 heavy (non-hydrogen) atoms. The van der Waals surface area contributed by atoms with Crippen molar-refractivity contribution in [2.45, 2.75) is 38.0 Å². The number of aliphatic hydroxyl groups is 1. The molecule has 0 aromatic heterocycles. The van der Waals surface area contributed by atoms with Gasteiger partial charge in [0, 0.05) is 0 Å². The molecule has 1 aliphatic rings. The molecule has 1 fully saturated rings. The molecule has 1 aromatic rings. The van der Waals surface area contributed by atoms with Crippen LogP contribution in [0.3, 0.4) is 0 Å². The molecule has 5 heteroatoms. The molecular formula is C13H14F4O. The minimum Gasteiger partial charge on any atom is -0.385 e. The van der Waals surface area contributed by atoms with E-state index in [1.54, 1.807) is 0 Å². The third-order valence-electron chi connectivity index (χ3n) is 3.48. The highest BCUT2D eigenvalue weighted by Gasteiger charge is 2.53. The summed E-state index contributed by atoms with van der Waals surface area (Å²) in [5.74, 6) is -1.32. The van der Waals surface area contributed by atoms with Crippen molar-refractivity contribution < 1.29 is 22.7 Å². The van der Waals surface area contributed by atoms with Crippen molar-refractivity contribution >= 4 is 0 Å². The van der Waals surface area contributed by atoms with E-state index in [2.05, 4.69) is 0 Å². The van der Waals surface area contributed by atoms with E-state index in [0.717, 1.165) is 25.0 Å². The van der Waals surface area contributed by atoms with Crippen LogP contribution in [0.1, 0.15) is 37.3 Å². The summed E-state index contributed by atoms with van der Waals surface area (Å²) in [6, 6.07) is 2.74. The maximum atomic E-state index is 13.1. The van der Waals surface area contributed by atoms with Crippen LogP contribution in [0.4, 0.5) is 17.6 Å². The zero-order valence-electron chi connectivity index (χ0n) is 9.89. The van der Waals surface area contributed by atoms with Gasteiger partial charge in [0.1, 0.15) is 5.82 Å². The van der Waals surface area contributed by atoms with Crippen LogP contribution in [0.5, 0.6) is 0 Å². The Labute approximate surface area is 102 Å². The lowest BCUT2D eigenvalue weighted by Gasteiger charge is -2.14. The monoisotopic (exact) mass is 262 g/mol. The Morgan fingerprint density at radius 2 is 2.06 bits per heavy atom. The zero-order valence-corrected chi connectivity index (χ0v) is 9.89. The van der Waals surface area contributed by atoms with Gasteiger partial charge in [-0.25, -0.2) is 4.39 Å². The number of hydrogen-bond donors (Lipinski definition) is 1. The molecule has 100 valence electrons. The molecule has 0 spiro atoms. The predicted octanol–water partition coefficient (Wildman–Crippen LogP) is 3.85. The number of hydrogen-bond acceptors (Lipinski definition) is 1. The van der Waals surface area contributed by atoms with Crippen molar-refractivity contribution in [1.82, 2.24) is 0 Å². The van der Waals surface area contributed by atoms with E-state index in [1.807, 2.05) is 6.92 Å². The highest BCUT2D eigenvalue weighted by molar-refractivity contribution is 5.35. The molecule has 1 aliphatic carbocycles. The average Bonchev–Trinajstić information content (AvgIpc) is 2.90. The first-order valence-corrected chi connectivity index (χ1v) is 5.88. The largest absolute Gasteiger partial charge is 0.419 e. The molecule has 0 heterocycles. The Bertz CT molecular complexity index is 455. The fourth-order valence-corrected chi connectivity index (χ4v) is 2.37. The molecule has 2 unspecified atom stereocenters. The van der Waals surface area contributed by atoms with Crippen LogP contribution in [-0.4, -0.2) is 5.11 Å². The van der Waals surface area contributed by atoms with Crippen LogP contribution in [0.2, 0.25) is 0 Å². The second kappa shape index (κ2) is 4.23. The van der Waals surface area contributed by atoms with Gasteiger partial charge < -0.3 is 5.11 Å². The van der Waals surface area contributed by atoms with Crippen molar-refractivity contribution in [3.8, 4) is 0 Å². The standard InChI is InChI=1S/C13H14F4O/c1-2-3-9-7-12(9,18)8-4-5-11(14)10(6-8)13(15,16)17/h4-6,9,18H,2-3,7H2,1H3. The third-order valence-corrected chi connectivity index (χ3v) is 3.48. The first kappa shape index (κ1) is 13.3. The first-order chi connectivity index (χ1) is 8.29. The van der Waals surface area contributed by atoms with Gasteiger partial charge in [0.2, 0.25) is 0 Å². The second-order valence-corrected chi connectivity index (χ2v) is 4.81. The molecule has 0 amide bonds. The Morgan fingerprint density at radius 3 is 2.61 bits per heavy atom. The van der Waals surface area contributed by atoms with Crippen LogP contribution in [-0.2, 0) is 11.8 Å². The lowest BCUT2D eigenvalue weighted by Crippen LogP contribution is -2.14. The minimum absolute atomic E-state index is 0.0194. The maximum Gasteiger partial charge on any atom is 0.419 e. The number of halogens is 4. The topological polar surface area (TPSA) is 20.2 Å². The molecule has 0 saturated heterocycles. The first-order valence-electron chi connectivity index (χ1n) is 5.88. The Kier molecular flexibility index (Phi) is 3.13. The quantitative estimate of drug-likeness (QED) is 0.820. The van der Waals surface area contributed by atoms with Gasteiger partial charge in [-0.1, -0.05) is 19.4 Å². The molecule has 2 atom stereocenters. The Hall–Kier alpha value is -1.10. The zero-order chi connectivity index (χ0) is 13.6. The molecule has 1 saturated carbocycles. The van der Waals surface area contributed by atoms with Gasteiger partial charge in [0.15, 0.2) is 0 Å².